The first-order valence-corrected chi connectivity index (χ1v) is 17.7. The summed E-state index contributed by atoms with van der Waals surface area (Å²) in [5.41, 5.74) is 9.01. The fourth-order valence-electron chi connectivity index (χ4n) is 7.76. The minimum Gasteiger partial charge on any atom is -0.456 e. The van der Waals surface area contributed by atoms with E-state index in [0.717, 1.165) is 72.1 Å². The quantitative estimate of drug-likeness (QED) is 0.189. The number of benzene rings is 8. The number of anilines is 3. The molecular formula is C46H27NO2S. The predicted octanol–water partition coefficient (Wildman–Crippen LogP) is 14.1. The van der Waals surface area contributed by atoms with Gasteiger partial charge in [0.2, 0.25) is 0 Å². The third-order valence-electron chi connectivity index (χ3n) is 10.0. The number of para-hydroxylation sites is 3. The summed E-state index contributed by atoms with van der Waals surface area (Å²) in [5, 5.41) is 9.61. The van der Waals surface area contributed by atoms with E-state index in [1.54, 1.807) is 0 Å². The number of rotatable bonds is 4. The molecule has 0 spiro atoms. The lowest BCUT2D eigenvalue weighted by Crippen LogP contribution is -2.10. The zero-order chi connectivity index (χ0) is 32.8. The van der Waals surface area contributed by atoms with Crippen molar-refractivity contribution in [2.75, 3.05) is 4.90 Å². The maximum Gasteiger partial charge on any atom is 0.143 e. The third kappa shape index (κ3) is 4.03. The molecule has 0 radical (unpaired) electrons. The number of nitrogens with zero attached hydrogens (tertiary/aromatic N) is 1. The Labute approximate surface area is 290 Å². The van der Waals surface area contributed by atoms with E-state index in [9.17, 15) is 0 Å². The van der Waals surface area contributed by atoms with Gasteiger partial charge in [-0.2, -0.15) is 0 Å². The fraction of sp³-hybridized carbons (Fsp3) is 0. The van der Waals surface area contributed by atoms with Crippen molar-refractivity contribution in [2.24, 2.45) is 0 Å². The highest BCUT2D eigenvalue weighted by Gasteiger charge is 2.22. The Hall–Kier alpha value is -6.36. The molecule has 0 saturated heterocycles. The maximum atomic E-state index is 6.61. The monoisotopic (exact) mass is 657 g/mol. The molecule has 3 nitrogen and oxygen atoms in total. The zero-order valence-electron chi connectivity index (χ0n) is 26.8. The molecule has 0 fully saturated rings. The van der Waals surface area contributed by atoms with Gasteiger partial charge in [-0.3, -0.25) is 0 Å². The predicted molar refractivity (Wildman–Crippen MR) is 212 cm³/mol. The van der Waals surface area contributed by atoms with E-state index in [4.69, 9.17) is 8.83 Å². The van der Waals surface area contributed by atoms with Gasteiger partial charge in [0, 0.05) is 53.3 Å². The van der Waals surface area contributed by atoms with Crippen molar-refractivity contribution >= 4 is 103 Å². The first kappa shape index (κ1) is 27.6. The number of thiophene rings is 1. The molecule has 0 aliphatic heterocycles. The van der Waals surface area contributed by atoms with Crippen LogP contribution in [0.5, 0.6) is 0 Å². The van der Waals surface area contributed by atoms with Crippen LogP contribution in [0.15, 0.2) is 173 Å². The smallest absolute Gasteiger partial charge is 0.143 e. The topological polar surface area (TPSA) is 29.5 Å². The second kappa shape index (κ2) is 10.6. The lowest BCUT2D eigenvalue weighted by molar-refractivity contribution is 0.669. The minimum atomic E-state index is 0.877. The van der Waals surface area contributed by atoms with Gasteiger partial charge >= 0.3 is 0 Å². The van der Waals surface area contributed by atoms with Gasteiger partial charge in [-0.05, 0) is 83.1 Å². The number of fused-ring (bicyclic) bond motifs is 11. The highest BCUT2D eigenvalue weighted by Crippen LogP contribution is 2.48. The van der Waals surface area contributed by atoms with Crippen molar-refractivity contribution in [3.8, 4) is 11.1 Å². The Kier molecular flexibility index (Phi) is 5.83. The third-order valence-corrected chi connectivity index (χ3v) is 11.2. The molecular weight excluding hydrogens is 631 g/mol. The average Bonchev–Trinajstić information content (AvgIpc) is 3.86. The Morgan fingerprint density at radius 2 is 1.14 bits per heavy atom. The Bertz CT molecular complexity index is 3090. The Morgan fingerprint density at radius 3 is 2.02 bits per heavy atom. The second-order valence-corrected chi connectivity index (χ2v) is 13.9. The summed E-state index contributed by atoms with van der Waals surface area (Å²) in [6.07, 6.45) is 0. The number of hydrogen-bond donors (Lipinski definition) is 0. The minimum absolute atomic E-state index is 0.877. The van der Waals surface area contributed by atoms with Gasteiger partial charge in [-0.15, -0.1) is 11.3 Å². The molecule has 0 aliphatic carbocycles. The van der Waals surface area contributed by atoms with Crippen molar-refractivity contribution in [1.29, 1.82) is 0 Å². The van der Waals surface area contributed by atoms with Crippen LogP contribution in [0.25, 0.3) is 85.9 Å². The zero-order valence-corrected chi connectivity index (χ0v) is 27.6. The van der Waals surface area contributed by atoms with Crippen molar-refractivity contribution in [3.05, 3.63) is 164 Å². The normalized spacial score (nSPS) is 12.0. The molecule has 8 aromatic carbocycles. The first-order chi connectivity index (χ1) is 24.8. The van der Waals surface area contributed by atoms with Gasteiger partial charge in [0.1, 0.15) is 22.3 Å². The number of hydrogen-bond acceptors (Lipinski definition) is 4. The number of furan rings is 2. The summed E-state index contributed by atoms with van der Waals surface area (Å²) in [6, 6.07) is 58.1. The summed E-state index contributed by atoms with van der Waals surface area (Å²) >= 11 is 1.85. The molecule has 0 N–H and O–H groups in total. The highest BCUT2D eigenvalue weighted by atomic mass is 32.1. The molecule has 0 bridgehead atoms. The summed E-state index contributed by atoms with van der Waals surface area (Å²) < 4.78 is 15.5. The maximum absolute atomic E-state index is 6.61. The van der Waals surface area contributed by atoms with Crippen LogP contribution < -0.4 is 4.90 Å². The lowest BCUT2D eigenvalue weighted by Gasteiger charge is -2.26. The summed E-state index contributed by atoms with van der Waals surface area (Å²) in [4.78, 5) is 2.35. The molecule has 0 atom stereocenters. The fourth-order valence-corrected chi connectivity index (χ4v) is 9.04. The van der Waals surface area contributed by atoms with E-state index in [2.05, 4.69) is 157 Å². The van der Waals surface area contributed by atoms with E-state index < -0.39 is 0 Å². The van der Waals surface area contributed by atoms with E-state index in [-0.39, 0.29) is 0 Å². The summed E-state index contributed by atoms with van der Waals surface area (Å²) in [5.74, 6) is 0. The van der Waals surface area contributed by atoms with Crippen molar-refractivity contribution in [3.63, 3.8) is 0 Å². The van der Waals surface area contributed by atoms with Crippen LogP contribution in [-0.2, 0) is 0 Å². The summed E-state index contributed by atoms with van der Waals surface area (Å²) in [6.45, 7) is 0. The van der Waals surface area contributed by atoms with E-state index in [0.29, 0.717) is 0 Å². The molecule has 234 valence electrons. The van der Waals surface area contributed by atoms with Gasteiger partial charge in [0.15, 0.2) is 0 Å². The summed E-state index contributed by atoms with van der Waals surface area (Å²) in [7, 11) is 0. The molecule has 50 heavy (non-hydrogen) atoms. The van der Waals surface area contributed by atoms with Crippen LogP contribution in [0, 0.1) is 0 Å². The van der Waals surface area contributed by atoms with Crippen molar-refractivity contribution < 1.29 is 8.83 Å². The Morgan fingerprint density at radius 1 is 0.440 bits per heavy atom. The average molecular weight is 658 g/mol. The molecule has 3 heterocycles. The first-order valence-electron chi connectivity index (χ1n) is 16.8. The van der Waals surface area contributed by atoms with Gasteiger partial charge in [0.05, 0.1) is 11.1 Å². The van der Waals surface area contributed by atoms with Gasteiger partial charge < -0.3 is 13.7 Å². The second-order valence-electron chi connectivity index (χ2n) is 12.9. The SMILES string of the molecule is c1ccc(N(c2ccc(-c3cccc4c3oc3ccccc34)cc2)c2cccc3oc4ccc5c6cc7ccccc7cc6sc5c4c23)cc1. The molecule has 0 aliphatic rings. The molecule has 3 aromatic heterocycles. The largest absolute Gasteiger partial charge is 0.456 e. The van der Waals surface area contributed by atoms with Crippen molar-refractivity contribution in [1.82, 2.24) is 0 Å². The molecule has 11 aromatic rings. The molecule has 4 heteroatoms. The van der Waals surface area contributed by atoms with Crippen LogP contribution in [0.3, 0.4) is 0 Å². The van der Waals surface area contributed by atoms with Crippen LogP contribution in [0.4, 0.5) is 17.1 Å². The van der Waals surface area contributed by atoms with Gasteiger partial charge in [0.25, 0.3) is 0 Å². The van der Waals surface area contributed by atoms with E-state index in [1.807, 2.05) is 23.5 Å². The van der Waals surface area contributed by atoms with E-state index >= 15 is 0 Å². The van der Waals surface area contributed by atoms with Gasteiger partial charge in [-0.1, -0.05) is 97.1 Å². The molecule has 0 saturated carbocycles. The van der Waals surface area contributed by atoms with Gasteiger partial charge in [-0.25, -0.2) is 0 Å². The van der Waals surface area contributed by atoms with Crippen molar-refractivity contribution in [2.45, 2.75) is 0 Å². The molecule has 0 unspecified atom stereocenters. The molecule has 0 amide bonds. The van der Waals surface area contributed by atoms with Crippen LogP contribution in [0.2, 0.25) is 0 Å². The highest BCUT2D eigenvalue weighted by molar-refractivity contribution is 7.26. The standard InChI is InChI=1S/C46H27NO2S/c1-2-12-31(13-3-1)47(32-22-20-28(21-23-32)33-15-8-16-35-34-14-6-7-18-39(34)49-45(33)35)38-17-9-19-40-43(38)44-41(48-40)25-24-36-37-26-29-10-4-5-11-30(29)27-42(37)50-46(36)44/h1-27H. The van der Waals surface area contributed by atoms with E-state index in [1.165, 1.54) is 30.9 Å². The van der Waals surface area contributed by atoms with Crippen LogP contribution in [0.1, 0.15) is 0 Å². The lowest BCUT2D eigenvalue weighted by atomic mass is 10.0. The van der Waals surface area contributed by atoms with Crippen LogP contribution in [-0.4, -0.2) is 0 Å². The Balaban J connectivity index is 1.13. The molecule has 11 rings (SSSR count). The van der Waals surface area contributed by atoms with Crippen LogP contribution >= 0.6 is 11.3 Å².